The molecule has 1 aromatic heterocycles. The van der Waals surface area contributed by atoms with Crippen molar-refractivity contribution >= 4 is 29.1 Å². The van der Waals surface area contributed by atoms with E-state index in [1.54, 1.807) is 0 Å². The molecule has 1 aliphatic rings. The van der Waals surface area contributed by atoms with Crippen LogP contribution in [0, 0.1) is 6.92 Å². The third-order valence-electron chi connectivity index (χ3n) is 3.42. The Hall–Kier alpha value is -1.76. The van der Waals surface area contributed by atoms with Crippen LogP contribution in [-0.4, -0.2) is 40.7 Å². The summed E-state index contributed by atoms with van der Waals surface area (Å²) in [6.45, 7) is 8.47. The predicted molar refractivity (Wildman–Crippen MR) is 83.8 cm³/mol. The van der Waals surface area contributed by atoms with E-state index >= 15 is 0 Å². The minimum absolute atomic E-state index is 0.0949. The molecule has 0 radical (unpaired) electrons. The Morgan fingerprint density at radius 2 is 1.86 bits per heavy atom. The van der Waals surface area contributed by atoms with Crippen LogP contribution in [0.15, 0.2) is 0 Å². The monoisotopic (exact) mass is 323 g/mol. The Labute approximate surface area is 133 Å². The quantitative estimate of drug-likeness (QED) is 0.854. The van der Waals surface area contributed by atoms with Gasteiger partial charge in [0.2, 0.25) is 11.8 Å². The third-order valence-corrected chi connectivity index (χ3v) is 5.00. The van der Waals surface area contributed by atoms with Crippen LogP contribution < -0.4 is 5.32 Å². The molecule has 0 aliphatic carbocycles. The molecule has 0 unspecified atom stereocenters. The van der Waals surface area contributed by atoms with Gasteiger partial charge >= 0.3 is 0 Å². The normalized spacial score (nSPS) is 15.5. The molecule has 0 saturated carbocycles. The average Bonchev–Trinajstić information content (AvgIpc) is 2.95. The summed E-state index contributed by atoms with van der Waals surface area (Å²) < 4.78 is 0. The van der Waals surface area contributed by atoms with Crippen LogP contribution in [0.25, 0.3) is 0 Å². The second-order valence-electron chi connectivity index (χ2n) is 6.38. The summed E-state index contributed by atoms with van der Waals surface area (Å²) in [7, 11) is 0. The molecule has 1 aliphatic heterocycles. The van der Waals surface area contributed by atoms with Gasteiger partial charge in [-0.15, -0.1) is 11.3 Å². The number of aryl methyl sites for hydroxylation is 1. The number of carbonyl (C=O) groups excluding carboxylic acids is 3. The Morgan fingerprint density at radius 1 is 1.27 bits per heavy atom. The molecule has 7 heteroatoms. The Morgan fingerprint density at radius 3 is 2.36 bits per heavy atom. The van der Waals surface area contributed by atoms with Gasteiger partial charge in [0.05, 0.1) is 10.7 Å². The van der Waals surface area contributed by atoms with Crippen molar-refractivity contribution in [2.45, 2.75) is 46.0 Å². The van der Waals surface area contributed by atoms with Gasteiger partial charge in [0.25, 0.3) is 5.91 Å². The Kier molecular flexibility index (Phi) is 4.65. The first-order valence-electron chi connectivity index (χ1n) is 7.29. The number of thiazole rings is 1. The standard InChI is InChI=1S/C15H21N3O3S/c1-9-12(22-14(17-9)15(2,3)4)13(21)16-7-8-18-10(19)5-6-11(18)20/h5-8H2,1-4H3,(H,16,21). The van der Waals surface area contributed by atoms with E-state index in [2.05, 4.69) is 31.1 Å². The minimum Gasteiger partial charge on any atom is -0.349 e. The molecular weight excluding hydrogens is 302 g/mol. The molecule has 22 heavy (non-hydrogen) atoms. The number of aromatic nitrogens is 1. The van der Waals surface area contributed by atoms with E-state index in [1.165, 1.54) is 16.2 Å². The van der Waals surface area contributed by atoms with Crippen molar-refractivity contribution in [3.63, 3.8) is 0 Å². The first-order chi connectivity index (χ1) is 10.2. The predicted octanol–water partition coefficient (Wildman–Crippen LogP) is 1.63. The summed E-state index contributed by atoms with van der Waals surface area (Å²) in [5, 5.41) is 3.67. The van der Waals surface area contributed by atoms with Gasteiger partial charge in [-0.3, -0.25) is 19.3 Å². The number of carbonyl (C=O) groups is 3. The van der Waals surface area contributed by atoms with Crippen molar-refractivity contribution in [3.8, 4) is 0 Å². The lowest BCUT2D eigenvalue weighted by Crippen LogP contribution is -2.37. The molecule has 2 rings (SSSR count). The fourth-order valence-electron chi connectivity index (χ4n) is 2.16. The highest BCUT2D eigenvalue weighted by Crippen LogP contribution is 2.29. The van der Waals surface area contributed by atoms with E-state index in [0.29, 0.717) is 10.6 Å². The molecular formula is C15H21N3O3S. The molecule has 120 valence electrons. The SMILES string of the molecule is Cc1nc(C(C)(C)C)sc1C(=O)NCCN1C(=O)CCC1=O. The van der Waals surface area contributed by atoms with Gasteiger partial charge in [-0.2, -0.15) is 0 Å². The highest BCUT2D eigenvalue weighted by atomic mass is 32.1. The largest absolute Gasteiger partial charge is 0.349 e. The number of hydrogen-bond donors (Lipinski definition) is 1. The molecule has 3 amide bonds. The Balaban J connectivity index is 1.94. The highest BCUT2D eigenvalue weighted by Gasteiger charge is 2.28. The van der Waals surface area contributed by atoms with Crippen molar-refractivity contribution < 1.29 is 14.4 Å². The number of amides is 3. The van der Waals surface area contributed by atoms with Crippen LogP contribution in [0.5, 0.6) is 0 Å². The van der Waals surface area contributed by atoms with Gasteiger partial charge in [0.15, 0.2) is 0 Å². The topological polar surface area (TPSA) is 79.4 Å². The van der Waals surface area contributed by atoms with Crippen LogP contribution >= 0.6 is 11.3 Å². The van der Waals surface area contributed by atoms with Crippen molar-refractivity contribution in [2.75, 3.05) is 13.1 Å². The van der Waals surface area contributed by atoms with Gasteiger partial charge in [0, 0.05) is 31.3 Å². The van der Waals surface area contributed by atoms with Crippen molar-refractivity contribution in [2.24, 2.45) is 0 Å². The van der Waals surface area contributed by atoms with Crippen LogP contribution in [0.4, 0.5) is 0 Å². The zero-order chi connectivity index (χ0) is 16.5. The minimum atomic E-state index is -0.204. The van der Waals surface area contributed by atoms with E-state index in [-0.39, 0.29) is 49.1 Å². The molecule has 1 fully saturated rings. The van der Waals surface area contributed by atoms with Crippen molar-refractivity contribution in [3.05, 3.63) is 15.6 Å². The number of imide groups is 1. The summed E-state index contributed by atoms with van der Waals surface area (Å²) in [4.78, 5) is 41.4. The molecule has 2 heterocycles. The second-order valence-corrected chi connectivity index (χ2v) is 7.38. The Bertz CT molecular complexity index is 600. The fraction of sp³-hybridized carbons (Fsp3) is 0.600. The van der Waals surface area contributed by atoms with Crippen LogP contribution in [0.3, 0.4) is 0 Å². The molecule has 1 saturated heterocycles. The molecule has 1 N–H and O–H groups in total. The maximum Gasteiger partial charge on any atom is 0.263 e. The lowest BCUT2D eigenvalue weighted by atomic mass is 9.98. The fourth-order valence-corrected chi connectivity index (χ4v) is 3.20. The van der Waals surface area contributed by atoms with Crippen LogP contribution in [0.1, 0.15) is 54.0 Å². The second kappa shape index (κ2) is 6.16. The molecule has 1 aromatic rings. The van der Waals surface area contributed by atoms with Crippen molar-refractivity contribution in [1.82, 2.24) is 15.2 Å². The molecule has 0 spiro atoms. The van der Waals surface area contributed by atoms with Gasteiger partial charge in [-0.1, -0.05) is 20.8 Å². The van der Waals surface area contributed by atoms with Gasteiger partial charge in [0.1, 0.15) is 4.88 Å². The number of rotatable bonds is 4. The number of nitrogens with one attached hydrogen (secondary N) is 1. The summed E-state index contributed by atoms with van der Waals surface area (Å²) in [6, 6.07) is 0. The summed E-state index contributed by atoms with van der Waals surface area (Å²) in [5.41, 5.74) is 0.614. The zero-order valence-corrected chi connectivity index (χ0v) is 14.2. The number of hydrogen-bond acceptors (Lipinski definition) is 5. The lowest BCUT2D eigenvalue weighted by Gasteiger charge is -2.14. The highest BCUT2D eigenvalue weighted by molar-refractivity contribution is 7.14. The summed E-state index contributed by atoms with van der Waals surface area (Å²) in [5.74, 6) is -0.531. The van der Waals surface area contributed by atoms with Gasteiger partial charge < -0.3 is 5.32 Å². The first-order valence-corrected chi connectivity index (χ1v) is 8.11. The van der Waals surface area contributed by atoms with Gasteiger partial charge in [-0.05, 0) is 6.92 Å². The third kappa shape index (κ3) is 3.52. The number of nitrogens with zero attached hydrogens (tertiary/aromatic N) is 2. The summed E-state index contributed by atoms with van der Waals surface area (Å²) >= 11 is 1.39. The van der Waals surface area contributed by atoms with Crippen molar-refractivity contribution in [1.29, 1.82) is 0 Å². The first kappa shape index (κ1) is 16.6. The lowest BCUT2D eigenvalue weighted by molar-refractivity contribution is -0.138. The zero-order valence-electron chi connectivity index (χ0n) is 13.4. The van der Waals surface area contributed by atoms with Gasteiger partial charge in [-0.25, -0.2) is 4.98 Å². The molecule has 0 aromatic carbocycles. The average molecular weight is 323 g/mol. The maximum atomic E-state index is 12.2. The van der Waals surface area contributed by atoms with Crippen LogP contribution in [0.2, 0.25) is 0 Å². The number of likely N-dealkylation sites (tertiary alicyclic amines) is 1. The van der Waals surface area contributed by atoms with E-state index in [1.807, 2.05) is 6.92 Å². The van der Waals surface area contributed by atoms with Crippen LogP contribution in [-0.2, 0) is 15.0 Å². The van der Waals surface area contributed by atoms with E-state index in [4.69, 9.17) is 0 Å². The molecule has 6 nitrogen and oxygen atoms in total. The molecule has 0 bridgehead atoms. The van der Waals surface area contributed by atoms with E-state index in [9.17, 15) is 14.4 Å². The smallest absolute Gasteiger partial charge is 0.263 e. The van der Waals surface area contributed by atoms with E-state index < -0.39 is 0 Å². The summed E-state index contributed by atoms with van der Waals surface area (Å²) in [6.07, 6.45) is 0.547. The maximum absolute atomic E-state index is 12.2. The molecule has 0 atom stereocenters. The van der Waals surface area contributed by atoms with E-state index in [0.717, 1.165) is 5.01 Å².